The molecule has 1 aliphatic rings. The smallest absolute Gasteiger partial charge is 0.261 e. The molecule has 0 spiro atoms. The Balaban J connectivity index is 1.41. The van der Waals surface area contributed by atoms with Crippen molar-refractivity contribution in [3.8, 4) is 0 Å². The Bertz CT molecular complexity index is 1160. The van der Waals surface area contributed by atoms with E-state index in [2.05, 4.69) is 5.32 Å². The lowest BCUT2D eigenvalue weighted by molar-refractivity contribution is 0.000258. The second-order valence-electron chi connectivity index (χ2n) is 6.79. The Morgan fingerprint density at radius 1 is 1.20 bits per heavy atom. The number of thiophene rings is 1. The fraction of sp³-hybridized carbons (Fsp3) is 0.250. The van der Waals surface area contributed by atoms with Crippen molar-refractivity contribution >= 4 is 60.6 Å². The van der Waals surface area contributed by atoms with Gasteiger partial charge in [-0.1, -0.05) is 41.4 Å². The summed E-state index contributed by atoms with van der Waals surface area (Å²) in [5, 5.41) is 4.29. The molecule has 1 aromatic heterocycles. The number of ether oxygens (including phenoxy) is 1. The van der Waals surface area contributed by atoms with Gasteiger partial charge < -0.3 is 10.1 Å². The highest BCUT2D eigenvalue weighted by Crippen LogP contribution is 2.29. The van der Waals surface area contributed by atoms with Gasteiger partial charge in [0.2, 0.25) is 10.0 Å². The van der Waals surface area contributed by atoms with Crippen molar-refractivity contribution in [2.24, 2.45) is 0 Å². The predicted octanol–water partition coefficient (Wildman–Crippen LogP) is 4.03. The third-order valence-corrected chi connectivity index (χ3v) is 8.45. The van der Waals surface area contributed by atoms with Crippen LogP contribution in [0.5, 0.6) is 0 Å². The summed E-state index contributed by atoms with van der Waals surface area (Å²) in [6, 6.07) is 13.9. The molecule has 1 amide bonds. The van der Waals surface area contributed by atoms with Gasteiger partial charge in [-0.25, -0.2) is 8.42 Å². The van der Waals surface area contributed by atoms with Gasteiger partial charge in [-0.2, -0.15) is 4.31 Å². The fourth-order valence-corrected chi connectivity index (χ4v) is 6.43. The molecule has 1 saturated heterocycles. The van der Waals surface area contributed by atoms with Crippen LogP contribution in [0.15, 0.2) is 53.4 Å². The van der Waals surface area contributed by atoms with Gasteiger partial charge in [0, 0.05) is 29.4 Å². The molecule has 0 radical (unpaired) electrons. The Hall–Kier alpha value is -1.68. The van der Waals surface area contributed by atoms with E-state index < -0.39 is 16.1 Å². The van der Waals surface area contributed by atoms with Crippen LogP contribution in [0.4, 0.5) is 0 Å². The molecule has 158 valence electrons. The Morgan fingerprint density at radius 3 is 2.77 bits per heavy atom. The molecule has 1 N–H and O–H groups in total. The molecule has 4 rings (SSSR count). The van der Waals surface area contributed by atoms with Crippen molar-refractivity contribution in [3.05, 3.63) is 63.5 Å². The zero-order valence-electron chi connectivity index (χ0n) is 15.7. The van der Waals surface area contributed by atoms with Crippen LogP contribution in [0, 0.1) is 0 Å². The fourth-order valence-electron chi connectivity index (χ4n) is 3.25. The first-order valence-electron chi connectivity index (χ1n) is 9.18. The third-order valence-electron chi connectivity index (χ3n) is 4.75. The van der Waals surface area contributed by atoms with Gasteiger partial charge in [-0.3, -0.25) is 4.79 Å². The highest BCUT2D eigenvalue weighted by atomic mass is 35.5. The lowest BCUT2D eigenvalue weighted by atomic mass is 10.2. The molecule has 2 heterocycles. The lowest BCUT2D eigenvalue weighted by Gasteiger charge is -2.32. The Morgan fingerprint density at radius 2 is 2.00 bits per heavy atom. The number of fused-ring (bicyclic) bond motifs is 1. The van der Waals surface area contributed by atoms with Gasteiger partial charge in [-0.05, 0) is 35.7 Å². The number of carbonyl (C=O) groups excluding carboxylic acids is 1. The van der Waals surface area contributed by atoms with Crippen molar-refractivity contribution in [2.75, 3.05) is 26.2 Å². The molecule has 10 heteroatoms. The maximum absolute atomic E-state index is 13.0. The summed E-state index contributed by atoms with van der Waals surface area (Å²) in [4.78, 5) is 13.1. The van der Waals surface area contributed by atoms with Crippen molar-refractivity contribution in [1.82, 2.24) is 9.62 Å². The second-order valence-corrected chi connectivity index (χ2v) is 10.6. The molecule has 1 aliphatic heterocycles. The number of amides is 1. The van der Waals surface area contributed by atoms with Gasteiger partial charge in [0.25, 0.3) is 5.91 Å². The van der Waals surface area contributed by atoms with Crippen molar-refractivity contribution < 1.29 is 17.9 Å². The highest BCUT2D eigenvalue weighted by molar-refractivity contribution is 7.89. The molecule has 1 atom stereocenters. The summed E-state index contributed by atoms with van der Waals surface area (Å²) >= 11 is 13.4. The van der Waals surface area contributed by atoms with E-state index in [-0.39, 0.29) is 42.1 Å². The Labute approximate surface area is 188 Å². The normalized spacial score (nSPS) is 17.9. The first kappa shape index (κ1) is 21.5. The number of hydrogen-bond acceptors (Lipinski definition) is 5. The zero-order chi connectivity index (χ0) is 21.3. The number of benzene rings is 2. The molecule has 30 heavy (non-hydrogen) atoms. The van der Waals surface area contributed by atoms with E-state index in [4.69, 9.17) is 27.9 Å². The number of sulfonamides is 1. The van der Waals surface area contributed by atoms with E-state index in [1.54, 1.807) is 0 Å². The van der Waals surface area contributed by atoms with Crippen LogP contribution in [0.1, 0.15) is 9.67 Å². The number of nitrogens with one attached hydrogen (secondary N) is 1. The number of hydrogen-bond donors (Lipinski definition) is 1. The molecule has 6 nitrogen and oxygen atoms in total. The Kier molecular flexibility index (Phi) is 6.34. The summed E-state index contributed by atoms with van der Waals surface area (Å²) in [5.41, 5.74) is 0. The van der Waals surface area contributed by atoms with Crippen LogP contribution >= 0.6 is 34.5 Å². The summed E-state index contributed by atoms with van der Waals surface area (Å²) in [7, 11) is -3.80. The molecule has 0 aliphatic carbocycles. The van der Waals surface area contributed by atoms with Gasteiger partial charge in [0.05, 0.1) is 22.6 Å². The summed E-state index contributed by atoms with van der Waals surface area (Å²) in [5.74, 6) is -0.208. The number of nitrogens with zero attached hydrogens (tertiary/aromatic N) is 1. The first-order chi connectivity index (χ1) is 14.3. The van der Waals surface area contributed by atoms with Gasteiger partial charge >= 0.3 is 0 Å². The van der Waals surface area contributed by atoms with Crippen LogP contribution in [0.3, 0.4) is 0 Å². The van der Waals surface area contributed by atoms with Crippen LogP contribution in [0.2, 0.25) is 10.0 Å². The maximum Gasteiger partial charge on any atom is 0.261 e. The minimum atomic E-state index is -3.80. The molecule has 3 aromatic rings. The van der Waals surface area contributed by atoms with Gasteiger partial charge in [0.15, 0.2) is 0 Å². The first-order valence-corrected chi connectivity index (χ1v) is 12.2. The highest BCUT2D eigenvalue weighted by Gasteiger charge is 2.32. The molecule has 1 fully saturated rings. The van der Waals surface area contributed by atoms with Crippen LogP contribution < -0.4 is 5.32 Å². The zero-order valence-corrected chi connectivity index (χ0v) is 18.8. The minimum Gasteiger partial charge on any atom is -0.374 e. The summed E-state index contributed by atoms with van der Waals surface area (Å²) in [6.45, 7) is 0.761. The minimum absolute atomic E-state index is 0.00327. The maximum atomic E-state index is 13.0. The van der Waals surface area contributed by atoms with Crippen LogP contribution in [-0.2, 0) is 14.8 Å². The number of rotatable bonds is 5. The topological polar surface area (TPSA) is 75.7 Å². The number of halogens is 2. The van der Waals surface area contributed by atoms with Crippen molar-refractivity contribution in [1.29, 1.82) is 0 Å². The second kappa shape index (κ2) is 8.82. The van der Waals surface area contributed by atoms with E-state index in [1.807, 2.05) is 30.3 Å². The SMILES string of the molecule is O=C(NCC1CN(S(=O)(=O)c2ccc(Cl)cc2Cl)CCO1)c1cc2ccccc2s1. The largest absolute Gasteiger partial charge is 0.374 e. The van der Waals surface area contributed by atoms with E-state index >= 15 is 0 Å². The summed E-state index contributed by atoms with van der Waals surface area (Å²) < 4.78 is 34.0. The molecule has 0 saturated carbocycles. The van der Waals surface area contributed by atoms with Crippen molar-refractivity contribution in [3.63, 3.8) is 0 Å². The van der Waals surface area contributed by atoms with E-state index in [9.17, 15) is 13.2 Å². The molecule has 1 unspecified atom stereocenters. The number of morpholine rings is 1. The molecular weight excluding hydrogens is 467 g/mol. The summed E-state index contributed by atoms with van der Waals surface area (Å²) in [6.07, 6.45) is -0.460. The average Bonchev–Trinajstić information content (AvgIpc) is 3.16. The quantitative estimate of drug-likeness (QED) is 0.592. The molecular formula is C20H18Cl2N2O4S2. The van der Waals surface area contributed by atoms with E-state index in [0.717, 1.165) is 10.1 Å². The third kappa shape index (κ3) is 4.49. The van der Waals surface area contributed by atoms with E-state index in [1.165, 1.54) is 33.8 Å². The molecule has 0 bridgehead atoms. The van der Waals surface area contributed by atoms with Gasteiger partial charge in [0.1, 0.15) is 4.90 Å². The van der Waals surface area contributed by atoms with Gasteiger partial charge in [-0.15, -0.1) is 11.3 Å². The molecule has 2 aromatic carbocycles. The van der Waals surface area contributed by atoms with E-state index in [0.29, 0.717) is 9.90 Å². The monoisotopic (exact) mass is 484 g/mol. The lowest BCUT2D eigenvalue weighted by Crippen LogP contribution is -2.49. The predicted molar refractivity (Wildman–Crippen MR) is 119 cm³/mol. The van der Waals surface area contributed by atoms with Crippen LogP contribution in [0.25, 0.3) is 10.1 Å². The standard InChI is InChI=1S/C20H18Cl2N2O4S2/c21-14-5-6-19(16(22)10-14)30(26,27)24-7-8-28-15(12-24)11-23-20(25)18-9-13-3-1-2-4-17(13)29-18/h1-6,9-10,15H,7-8,11-12H2,(H,23,25). The average molecular weight is 485 g/mol. The number of carbonyl (C=O) groups is 1. The van der Waals surface area contributed by atoms with Crippen LogP contribution in [-0.4, -0.2) is 51.0 Å². The van der Waals surface area contributed by atoms with Crippen molar-refractivity contribution in [2.45, 2.75) is 11.0 Å².